The summed E-state index contributed by atoms with van der Waals surface area (Å²) >= 11 is 0. The Balaban J connectivity index is 2.12. The highest BCUT2D eigenvalue weighted by Crippen LogP contribution is 2.26. The molecule has 1 amide bonds. The van der Waals surface area contributed by atoms with Gasteiger partial charge in [0, 0.05) is 6.92 Å². The molecule has 0 spiro atoms. The molecule has 0 radical (unpaired) electrons. The second-order valence-corrected chi connectivity index (χ2v) is 3.43. The predicted octanol–water partition coefficient (Wildman–Crippen LogP) is 0.789. The Hall–Kier alpha value is -1.84. The maximum atomic E-state index is 11.2. The first-order valence-corrected chi connectivity index (χ1v) is 4.71. The van der Waals surface area contributed by atoms with Crippen LogP contribution in [0.15, 0.2) is 30.3 Å². The van der Waals surface area contributed by atoms with E-state index in [1.165, 1.54) is 6.92 Å². The van der Waals surface area contributed by atoms with E-state index in [1.54, 1.807) is 0 Å². The number of carbonyl (C=O) groups excluding carboxylic acids is 2. The van der Waals surface area contributed by atoms with E-state index in [-0.39, 0.29) is 11.9 Å². The van der Waals surface area contributed by atoms with E-state index in [9.17, 15) is 9.59 Å². The maximum absolute atomic E-state index is 11.2. The number of hydrogen-bond acceptors (Lipinski definition) is 3. The molecule has 1 fully saturated rings. The van der Waals surface area contributed by atoms with Crippen LogP contribution in [-0.2, 0) is 14.3 Å². The van der Waals surface area contributed by atoms with Crippen LogP contribution in [0, 0.1) is 0 Å². The highest BCUT2D eigenvalue weighted by molar-refractivity contribution is 5.90. The van der Waals surface area contributed by atoms with Crippen molar-refractivity contribution in [3.63, 3.8) is 0 Å². The summed E-state index contributed by atoms with van der Waals surface area (Å²) in [5, 5.41) is 2.70. The predicted molar refractivity (Wildman–Crippen MR) is 52.9 cm³/mol. The summed E-state index contributed by atoms with van der Waals surface area (Å²) in [4.78, 5) is 21.9. The fourth-order valence-corrected chi connectivity index (χ4v) is 1.59. The lowest BCUT2D eigenvalue weighted by molar-refractivity contribution is -0.164. The number of benzene rings is 1. The molecule has 1 aromatic rings. The molecule has 15 heavy (non-hydrogen) atoms. The lowest BCUT2D eigenvalue weighted by atomic mass is 9.94. The molecule has 4 heteroatoms. The van der Waals surface area contributed by atoms with Crippen LogP contribution in [0.5, 0.6) is 0 Å². The van der Waals surface area contributed by atoms with Gasteiger partial charge in [0.1, 0.15) is 6.04 Å². The van der Waals surface area contributed by atoms with E-state index in [2.05, 4.69) is 5.32 Å². The molecule has 2 atom stereocenters. The zero-order valence-corrected chi connectivity index (χ0v) is 8.27. The van der Waals surface area contributed by atoms with Gasteiger partial charge in [0.25, 0.3) is 5.91 Å². The summed E-state index contributed by atoms with van der Waals surface area (Å²) in [6.07, 6.45) is -0.676. The van der Waals surface area contributed by atoms with Gasteiger partial charge in [-0.05, 0) is 5.56 Å². The van der Waals surface area contributed by atoms with Gasteiger partial charge in [-0.25, -0.2) is 0 Å². The van der Waals surface area contributed by atoms with Gasteiger partial charge in [0.05, 0.1) is 0 Å². The van der Waals surface area contributed by atoms with Crippen LogP contribution >= 0.6 is 0 Å². The van der Waals surface area contributed by atoms with Crippen molar-refractivity contribution in [3.8, 4) is 0 Å². The molecule has 0 aromatic heterocycles. The first-order valence-electron chi connectivity index (χ1n) is 4.71. The Morgan fingerprint density at radius 2 is 2.00 bits per heavy atom. The van der Waals surface area contributed by atoms with Crippen LogP contribution in [0.3, 0.4) is 0 Å². The lowest BCUT2D eigenvalue weighted by Crippen LogP contribution is -2.57. The van der Waals surface area contributed by atoms with E-state index in [4.69, 9.17) is 4.74 Å². The average Bonchev–Trinajstić information content (AvgIpc) is 2.24. The van der Waals surface area contributed by atoms with E-state index < -0.39 is 12.1 Å². The second-order valence-electron chi connectivity index (χ2n) is 3.43. The van der Waals surface area contributed by atoms with Gasteiger partial charge in [-0.1, -0.05) is 30.3 Å². The Morgan fingerprint density at radius 3 is 2.53 bits per heavy atom. The number of nitrogens with one attached hydrogen (secondary N) is 1. The summed E-state index contributed by atoms with van der Waals surface area (Å²) in [5.74, 6) is -0.671. The topological polar surface area (TPSA) is 55.4 Å². The summed E-state index contributed by atoms with van der Waals surface area (Å²) in [7, 11) is 0. The molecular formula is C11H11NO3. The second kappa shape index (κ2) is 3.73. The number of ether oxygens (including phenoxy) is 1. The van der Waals surface area contributed by atoms with Crippen molar-refractivity contribution < 1.29 is 14.3 Å². The number of rotatable bonds is 2. The number of esters is 1. The lowest BCUT2D eigenvalue weighted by Gasteiger charge is -2.35. The minimum absolute atomic E-state index is 0.206. The van der Waals surface area contributed by atoms with E-state index >= 15 is 0 Å². The molecule has 1 aromatic carbocycles. The Kier molecular flexibility index (Phi) is 2.41. The number of β-lactam (4-membered cyclic amide) rings is 1. The van der Waals surface area contributed by atoms with Crippen LogP contribution in [-0.4, -0.2) is 18.0 Å². The molecule has 1 aliphatic heterocycles. The first-order chi connectivity index (χ1) is 7.18. The van der Waals surface area contributed by atoms with Crippen molar-refractivity contribution in [1.29, 1.82) is 0 Å². The van der Waals surface area contributed by atoms with Gasteiger partial charge in [-0.2, -0.15) is 0 Å². The Morgan fingerprint density at radius 1 is 1.33 bits per heavy atom. The molecule has 1 N–H and O–H groups in total. The van der Waals surface area contributed by atoms with Crippen LogP contribution in [0.2, 0.25) is 0 Å². The minimum Gasteiger partial charge on any atom is -0.450 e. The van der Waals surface area contributed by atoms with Gasteiger partial charge in [-0.3, -0.25) is 9.59 Å². The molecule has 0 aliphatic carbocycles. The molecule has 0 bridgehead atoms. The third kappa shape index (κ3) is 1.83. The molecule has 1 saturated heterocycles. The summed E-state index contributed by atoms with van der Waals surface area (Å²) in [5.41, 5.74) is 0.948. The molecule has 2 rings (SSSR count). The van der Waals surface area contributed by atoms with E-state index in [0.717, 1.165) is 5.56 Å². The van der Waals surface area contributed by atoms with Crippen LogP contribution in [0.4, 0.5) is 0 Å². The molecular weight excluding hydrogens is 194 g/mol. The SMILES string of the molecule is CC(=O)O[C@@H]1C(=O)NC1c1ccccc1. The van der Waals surface area contributed by atoms with E-state index in [1.807, 2.05) is 30.3 Å². The smallest absolute Gasteiger partial charge is 0.303 e. The van der Waals surface area contributed by atoms with Gasteiger partial charge in [0.15, 0.2) is 0 Å². The van der Waals surface area contributed by atoms with Gasteiger partial charge >= 0.3 is 5.97 Å². The fraction of sp³-hybridized carbons (Fsp3) is 0.273. The van der Waals surface area contributed by atoms with Gasteiger partial charge < -0.3 is 10.1 Å². The van der Waals surface area contributed by atoms with Crippen LogP contribution < -0.4 is 5.32 Å². The monoisotopic (exact) mass is 205 g/mol. The standard InChI is InChI=1S/C11H11NO3/c1-7(13)15-10-9(12-11(10)14)8-5-3-2-4-6-8/h2-6,9-10H,1H3,(H,12,14)/t9?,10-/m0/s1. The van der Waals surface area contributed by atoms with Crippen molar-refractivity contribution in [2.24, 2.45) is 0 Å². The molecule has 1 aliphatic rings. The maximum Gasteiger partial charge on any atom is 0.303 e. The number of carbonyl (C=O) groups is 2. The summed E-state index contributed by atoms with van der Waals surface area (Å²) in [6, 6.07) is 9.23. The Labute approximate surface area is 87.2 Å². The van der Waals surface area contributed by atoms with E-state index in [0.29, 0.717) is 0 Å². The zero-order valence-electron chi connectivity index (χ0n) is 8.27. The number of amides is 1. The normalized spacial score (nSPS) is 23.9. The van der Waals surface area contributed by atoms with Crippen LogP contribution in [0.1, 0.15) is 18.5 Å². The highest BCUT2D eigenvalue weighted by atomic mass is 16.6. The van der Waals surface area contributed by atoms with Gasteiger partial charge in [0.2, 0.25) is 6.10 Å². The zero-order chi connectivity index (χ0) is 10.8. The quantitative estimate of drug-likeness (QED) is 0.573. The average molecular weight is 205 g/mol. The van der Waals surface area contributed by atoms with Crippen molar-refractivity contribution in [2.75, 3.05) is 0 Å². The first kappa shape index (κ1) is 9.71. The summed E-state index contributed by atoms with van der Waals surface area (Å²) < 4.78 is 4.91. The third-order valence-corrected chi connectivity index (χ3v) is 2.31. The summed E-state index contributed by atoms with van der Waals surface area (Å²) in [6.45, 7) is 1.30. The van der Waals surface area contributed by atoms with Crippen LogP contribution in [0.25, 0.3) is 0 Å². The van der Waals surface area contributed by atoms with Crippen molar-refractivity contribution >= 4 is 11.9 Å². The largest absolute Gasteiger partial charge is 0.450 e. The van der Waals surface area contributed by atoms with Crippen molar-refractivity contribution in [2.45, 2.75) is 19.1 Å². The van der Waals surface area contributed by atoms with Crippen molar-refractivity contribution in [3.05, 3.63) is 35.9 Å². The number of hydrogen-bond donors (Lipinski definition) is 1. The molecule has 78 valence electrons. The molecule has 4 nitrogen and oxygen atoms in total. The fourth-order valence-electron chi connectivity index (χ4n) is 1.59. The minimum atomic E-state index is -0.676. The highest BCUT2D eigenvalue weighted by Gasteiger charge is 2.42. The molecule has 0 saturated carbocycles. The molecule has 1 unspecified atom stereocenters. The van der Waals surface area contributed by atoms with Crippen molar-refractivity contribution in [1.82, 2.24) is 5.32 Å². The Bertz CT molecular complexity index is 388. The van der Waals surface area contributed by atoms with Gasteiger partial charge in [-0.15, -0.1) is 0 Å². The third-order valence-electron chi connectivity index (χ3n) is 2.31. The molecule has 1 heterocycles.